The molecule has 0 spiro atoms. The minimum absolute atomic E-state index is 0.0608. The van der Waals surface area contributed by atoms with Crippen LogP contribution in [-0.4, -0.2) is 102 Å². The van der Waals surface area contributed by atoms with Crippen molar-refractivity contribution in [3.05, 3.63) is 71.0 Å². The number of rotatable bonds is 9. The van der Waals surface area contributed by atoms with E-state index in [1.807, 2.05) is 26.2 Å². The fourth-order valence-corrected chi connectivity index (χ4v) is 6.56. The summed E-state index contributed by atoms with van der Waals surface area (Å²) in [6.45, 7) is 12.3. The van der Waals surface area contributed by atoms with Crippen molar-refractivity contribution in [1.29, 1.82) is 0 Å². The fraction of sp³-hybridized carbons (Fsp3) is 0.457. The largest absolute Gasteiger partial charge is 0.453 e. The molecule has 2 aliphatic heterocycles. The first-order valence-electron chi connectivity index (χ1n) is 16.5. The van der Waals surface area contributed by atoms with Crippen LogP contribution in [-0.2, 0) is 18.4 Å². The van der Waals surface area contributed by atoms with Gasteiger partial charge in [-0.1, -0.05) is 25.5 Å². The molecule has 14 heteroatoms. The number of pyridine rings is 2. The zero-order chi connectivity index (χ0) is 34.9. The van der Waals surface area contributed by atoms with Crippen LogP contribution in [0.4, 0.5) is 13.2 Å². The van der Waals surface area contributed by atoms with Crippen molar-refractivity contribution in [1.82, 2.24) is 44.4 Å². The second-order valence-electron chi connectivity index (χ2n) is 13.1. The number of aromatic nitrogens is 6. The molecule has 1 fully saturated rings. The maximum atomic E-state index is 14.2. The first-order chi connectivity index (χ1) is 23.4. The number of amides is 1. The summed E-state index contributed by atoms with van der Waals surface area (Å²) in [5.74, 6) is 1.31. The second kappa shape index (κ2) is 14.1. The van der Waals surface area contributed by atoms with Gasteiger partial charge in [-0.15, -0.1) is 0 Å². The number of ether oxygens (including phenoxy) is 1. The molecule has 260 valence electrons. The smallest absolute Gasteiger partial charge is 0.416 e. The summed E-state index contributed by atoms with van der Waals surface area (Å²) in [4.78, 5) is 36.4. The summed E-state index contributed by atoms with van der Waals surface area (Å²) in [7, 11) is 1.83. The highest BCUT2D eigenvalue weighted by atomic mass is 19.4. The number of halogens is 3. The third-order valence-corrected chi connectivity index (χ3v) is 9.17. The number of carbonyl (C=O) groups is 1. The zero-order valence-corrected chi connectivity index (χ0v) is 28.5. The van der Waals surface area contributed by atoms with E-state index < -0.39 is 11.7 Å². The summed E-state index contributed by atoms with van der Waals surface area (Å²) in [6.07, 6.45) is 3.35. The van der Waals surface area contributed by atoms with E-state index in [0.29, 0.717) is 40.6 Å². The van der Waals surface area contributed by atoms with Crippen molar-refractivity contribution >= 4 is 17.1 Å². The SMILES string of the molecule is CCN1CCN(C/C(C)=C(/C=C(\C)CC(=O)N2Cc3cc(Oc4ccnc5nc(-c6cnn(C)c6)[nH]c45)cnc3C(C)C2)C(F)(F)F)CC1. The average molecular weight is 678 g/mol. The van der Waals surface area contributed by atoms with Crippen molar-refractivity contribution < 1.29 is 22.7 Å². The van der Waals surface area contributed by atoms with Crippen molar-refractivity contribution in [2.75, 3.05) is 45.8 Å². The quantitative estimate of drug-likeness (QED) is 0.220. The van der Waals surface area contributed by atoms with Crippen molar-refractivity contribution in [3.8, 4) is 22.9 Å². The van der Waals surface area contributed by atoms with Crippen LogP contribution in [0.1, 0.15) is 51.3 Å². The van der Waals surface area contributed by atoms with E-state index in [1.165, 1.54) is 0 Å². The minimum Gasteiger partial charge on any atom is -0.453 e. The zero-order valence-electron chi connectivity index (χ0n) is 28.5. The van der Waals surface area contributed by atoms with E-state index in [-0.39, 0.29) is 36.9 Å². The van der Waals surface area contributed by atoms with Gasteiger partial charge >= 0.3 is 6.18 Å². The van der Waals surface area contributed by atoms with E-state index in [2.05, 4.69) is 41.8 Å². The van der Waals surface area contributed by atoms with Gasteiger partial charge in [0.2, 0.25) is 5.91 Å². The molecule has 1 saturated heterocycles. The highest BCUT2D eigenvalue weighted by Gasteiger charge is 2.35. The van der Waals surface area contributed by atoms with E-state index in [0.717, 1.165) is 55.6 Å². The summed E-state index contributed by atoms with van der Waals surface area (Å²) < 4.78 is 50.6. The number of imidazole rings is 1. The predicted octanol–water partition coefficient (Wildman–Crippen LogP) is 5.84. The number of aromatic amines is 1. The molecule has 1 atom stereocenters. The molecule has 4 aromatic heterocycles. The van der Waals surface area contributed by atoms with Crippen LogP contribution in [0.5, 0.6) is 11.5 Å². The lowest BCUT2D eigenvalue weighted by Gasteiger charge is -2.34. The Morgan fingerprint density at radius 3 is 2.57 bits per heavy atom. The first-order valence-corrected chi connectivity index (χ1v) is 16.5. The lowest BCUT2D eigenvalue weighted by molar-refractivity contribution is -0.131. The molecule has 0 saturated carbocycles. The number of nitrogens with one attached hydrogen (secondary N) is 1. The van der Waals surface area contributed by atoms with E-state index in [1.54, 1.807) is 48.1 Å². The number of carbonyl (C=O) groups excluding carboxylic acids is 1. The molecule has 11 nitrogen and oxygen atoms in total. The highest BCUT2D eigenvalue weighted by Crippen LogP contribution is 2.35. The maximum absolute atomic E-state index is 14.2. The van der Waals surface area contributed by atoms with Crippen LogP contribution in [0.25, 0.3) is 22.6 Å². The molecule has 49 heavy (non-hydrogen) atoms. The molecule has 0 bridgehead atoms. The van der Waals surface area contributed by atoms with Crippen molar-refractivity contribution in [2.45, 2.75) is 52.8 Å². The van der Waals surface area contributed by atoms with Gasteiger partial charge in [-0.25, -0.2) is 9.97 Å². The normalized spacial score (nSPS) is 18.5. The molecule has 0 aliphatic carbocycles. The number of hydrogen-bond acceptors (Lipinski definition) is 8. The number of alkyl halides is 3. The Balaban J connectivity index is 1.15. The number of nitrogens with zero attached hydrogens (tertiary/aromatic N) is 8. The first kappa shape index (κ1) is 34.3. The highest BCUT2D eigenvalue weighted by molar-refractivity contribution is 5.82. The van der Waals surface area contributed by atoms with Crippen molar-refractivity contribution in [2.24, 2.45) is 7.05 Å². The predicted molar refractivity (Wildman–Crippen MR) is 180 cm³/mol. The molecule has 1 N–H and O–H groups in total. The summed E-state index contributed by atoms with van der Waals surface area (Å²) in [5, 5.41) is 4.20. The number of likely N-dealkylation sites (N-methyl/N-ethyl adjacent to an activating group) is 1. The van der Waals surface area contributed by atoms with Crippen LogP contribution in [0.3, 0.4) is 0 Å². The molecule has 6 rings (SSSR count). The van der Waals surface area contributed by atoms with Crippen LogP contribution in [0, 0.1) is 0 Å². The molecule has 6 heterocycles. The number of fused-ring (bicyclic) bond motifs is 2. The summed E-state index contributed by atoms with van der Waals surface area (Å²) >= 11 is 0. The number of aryl methyl sites for hydroxylation is 1. The van der Waals surface area contributed by atoms with Gasteiger partial charge in [0.15, 0.2) is 11.4 Å². The lowest BCUT2D eigenvalue weighted by atomic mass is 9.95. The molecular formula is C35H42F3N9O2. The van der Waals surface area contributed by atoms with Gasteiger partial charge in [-0.05, 0) is 37.6 Å². The third kappa shape index (κ3) is 7.86. The van der Waals surface area contributed by atoms with Gasteiger partial charge < -0.3 is 19.5 Å². The molecule has 1 amide bonds. The van der Waals surface area contributed by atoms with Gasteiger partial charge in [-0.2, -0.15) is 18.3 Å². The lowest BCUT2D eigenvalue weighted by Crippen LogP contribution is -2.46. The number of H-pyrrole nitrogens is 1. The molecule has 0 aromatic carbocycles. The minimum atomic E-state index is -4.52. The molecule has 1 unspecified atom stereocenters. The number of allylic oxidation sites excluding steroid dienone is 2. The van der Waals surface area contributed by atoms with Crippen LogP contribution < -0.4 is 4.74 Å². The van der Waals surface area contributed by atoms with Gasteiger partial charge in [-0.3, -0.25) is 19.4 Å². The Morgan fingerprint density at radius 2 is 1.88 bits per heavy atom. The summed E-state index contributed by atoms with van der Waals surface area (Å²) in [5.41, 5.74) is 3.57. The number of hydrogen-bond donors (Lipinski definition) is 1. The van der Waals surface area contributed by atoms with Gasteiger partial charge in [0.05, 0.1) is 29.2 Å². The van der Waals surface area contributed by atoms with E-state index in [9.17, 15) is 18.0 Å². The van der Waals surface area contributed by atoms with Gasteiger partial charge in [0.25, 0.3) is 0 Å². The standard InChI is InChI=1S/C35H42F3N9O2/c1-6-45-9-11-46(12-10-45)18-23(3)28(35(36,37)38)13-22(2)14-30(48)47-19-24(4)31-25(21-47)15-27(17-40-31)49-29-7-8-39-34-32(29)42-33(43-34)26-16-41-44(5)20-26/h7-8,13,15-17,20,24H,6,9-12,14,18-19,21H2,1-5H3,(H,39,42,43)/b22-13+,28-23-. The Kier molecular flexibility index (Phi) is 9.89. The molecule has 2 aliphatic rings. The summed E-state index contributed by atoms with van der Waals surface area (Å²) in [6, 6.07) is 3.60. The van der Waals surface area contributed by atoms with Gasteiger partial charge in [0, 0.05) is 83.7 Å². The second-order valence-corrected chi connectivity index (χ2v) is 13.1. The van der Waals surface area contributed by atoms with Crippen LogP contribution in [0.15, 0.2) is 59.7 Å². The maximum Gasteiger partial charge on any atom is 0.416 e. The topological polar surface area (TPSA) is 108 Å². The van der Waals surface area contributed by atoms with Gasteiger partial charge in [0.1, 0.15) is 17.1 Å². The third-order valence-electron chi connectivity index (χ3n) is 9.17. The molecular weight excluding hydrogens is 635 g/mol. The Labute approximate surface area is 283 Å². The van der Waals surface area contributed by atoms with Crippen LogP contribution in [0.2, 0.25) is 0 Å². The van der Waals surface area contributed by atoms with E-state index in [4.69, 9.17) is 4.74 Å². The molecule has 4 aromatic rings. The molecule has 0 radical (unpaired) electrons. The average Bonchev–Trinajstić information content (AvgIpc) is 3.70. The fourth-order valence-electron chi connectivity index (χ4n) is 6.56. The van der Waals surface area contributed by atoms with Crippen molar-refractivity contribution in [3.63, 3.8) is 0 Å². The van der Waals surface area contributed by atoms with E-state index >= 15 is 0 Å². The number of piperazine rings is 1. The Hall–Kier alpha value is -4.56. The monoisotopic (exact) mass is 677 g/mol. The Bertz CT molecular complexity index is 1890. The Morgan fingerprint density at radius 1 is 1.12 bits per heavy atom. The van der Waals surface area contributed by atoms with Crippen LogP contribution >= 0.6 is 0 Å².